The highest BCUT2D eigenvalue weighted by Crippen LogP contribution is 2.25. The van der Waals surface area contributed by atoms with Gasteiger partial charge in [-0.3, -0.25) is 4.90 Å². The second-order valence-electron chi connectivity index (χ2n) is 8.27. The first-order valence-corrected chi connectivity index (χ1v) is 12.6. The number of sulfonamides is 1. The molecule has 164 valence electrons. The number of likely N-dealkylation sites (tertiary alicyclic amines) is 1. The molecule has 0 bridgehead atoms. The third kappa shape index (κ3) is 6.15. The van der Waals surface area contributed by atoms with Gasteiger partial charge in [0.05, 0.1) is 5.02 Å². The summed E-state index contributed by atoms with van der Waals surface area (Å²) in [5.74, 6) is 0. The number of hydrogen-bond donors (Lipinski definition) is 1. The van der Waals surface area contributed by atoms with Gasteiger partial charge in [0.15, 0.2) is 0 Å². The van der Waals surface area contributed by atoms with E-state index in [-0.39, 0.29) is 9.92 Å². The zero-order valence-electron chi connectivity index (χ0n) is 17.5. The first-order valence-electron chi connectivity index (χ1n) is 10.7. The minimum atomic E-state index is -3.61. The number of benzene rings is 1. The van der Waals surface area contributed by atoms with Crippen molar-refractivity contribution in [3.05, 3.63) is 29.3 Å². The van der Waals surface area contributed by atoms with Crippen molar-refractivity contribution in [1.29, 1.82) is 0 Å². The van der Waals surface area contributed by atoms with Crippen molar-refractivity contribution < 1.29 is 13.2 Å². The number of ether oxygens (including phenoxy) is 1. The van der Waals surface area contributed by atoms with E-state index in [1.807, 2.05) is 0 Å². The Morgan fingerprint density at radius 1 is 1.14 bits per heavy atom. The third-order valence-electron chi connectivity index (χ3n) is 6.15. The Balaban J connectivity index is 1.62. The molecule has 1 aromatic rings. The minimum absolute atomic E-state index is 0.143. The van der Waals surface area contributed by atoms with Crippen molar-refractivity contribution in [3.8, 4) is 0 Å². The largest absolute Gasteiger partial charge is 0.381 e. The van der Waals surface area contributed by atoms with Crippen LogP contribution in [0, 0.1) is 0 Å². The molecule has 3 rings (SSSR count). The Morgan fingerprint density at radius 2 is 1.76 bits per heavy atom. The molecule has 6 nitrogen and oxygen atoms in total. The highest BCUT2D eigenvalue weighted by atomic mass is 35.5. The summed E-state index contributed by atoms with van der Waals surface area (Å²) in [5.41, 5.74) is 0. The summed E-state index contributed by atoms with van der Waals surface area (Å²) in [6.07, 6.45) is 4.29. The molecule has 0 aliphatic carbocycles. The quantitative estimate of drug-likeness (QED) is 0.669. The van der Waals surface area contributed by atoms with E-state index in [1.165, 1.54) is 0 Å². The summed E-state index contributed by atoms with van der Waals surface area (Å²) < 4.78 is 33.6. The molecule has 0 amide bonds. The van der Waals surface area contributed by atoms with E-state index in [0.717, 1.165) is 52.0 Å². The van der Waals surface area contributed by atoms with Crippen molar-refractivity contribution in [1.82, 2.24) is 14.5 Å². The van der Waals surface area contributed by atoms with E-state index in [1.54, 1.807) is 24.3 Å². The van der Waals surface area contributed by atoms with Crippen LogP contribution < -0.4 is 4.72 Å². The number of hydrogen-bond acceptors (Lipinski definition) is 5. The molecular formula is C21H34ClN3O3S. The average Bonchev–Trinajstić information content (AvgIpc) is 2.72. The van der Waals surface area contributed by atoms with Crippen molar-refractivity contribution >= 4 is 21.6 Å². The Kier molecular flexibility index (Phi) is 8.36. The van der Waals surface area contributed by atoms with Crippen molar-refractivity contribution in [2.24, 2.45) is 0 Å². The summed E-state index contributed by atoms with van der Waals surface area (Å²) in [4.78, 5) is 5.21. The van der Waals surface area contributed by atoms with Gasteiger partial charge in [-0.25, -0.2) is 13.1 Å². The fourth-order valence-corrected chi connectivity index (χ4v) is 6.00. The van der Waals surface area contributed by atoms with E-state index in [2.05, 4.69) is 28.4 Å². The molecule has 1 aromatic carbocycles. The maximum atomic E-state index is 12.7. The molecule has 0 atom stereocenters. The minimum Gasteiger partial charge on any atom is -0.381 e. The highest BCUT2D eigenvalue weighted by molar-refractivity contribution is 7.89. The van der Waals surface area contributed by atoms with Crippen molar-refractivity contribution in [2.45, 2.75) is 62.6 Å². The topological polar surface area (TPSA) is 61.9 Å². The maximum absolute atomic E-state index is 12.7. The monoisotopic (exact) mass is 443 g/mol. The van der Waals surface area contributed by atoms with Crippen LogP contribution in [0.5, 0.6) is 0 Å². The van der Waals surface area contributed by atoms with Crippen LogP contribution in [-0.4, -0.2) is 75.7 Å². The van der Waals surface area contributed by atoms with Gasteiger partial charge >= 0.3 is 0 Å². The molecule has 8 heteroatoms. The van der Waals surface area contributed by atoms with Crippen LogP contribution in [0.15, 0.2) is 29.2 Å². The Hall–Kier alpha value is -0.700. The fraction of sp³-hybridized carbons (Fsp3) is 0.714. The molecule has 0 radical (unpaired) electrons. The number of piperidine rings is 1. The van der Waals surface area contributed by atoms with Crippen LogP contribution in [0.4, 0.5) is 0 Å². The lowest BCUT2D eigenvalue weighted by atomic mass is 9.97. The summed E-state index contributed by atoms with van der Waals surface area (Å²) in [7, 11) is -3.61. The van der Waals surface area contributed by atoms with Crippen molar-refractivity contribution in [2.75, 3.05) is 39.4 Å². The molecule has 2 saturated heterocycles. The molecule has 2 aliphatic rings. The van der Waals surface area contributed by atoms with Gasteiger partial charge in [0.2, 0.25) is 10.0 Å². The number of nitrogens with zero attached hydrogens (tertiary/aromatic N) is 2. The summed E-state index contributed by atoms with van der Waals surface area (Å²) in [6, 6.07) is 8.11. The first-order chi connectivity index (χ1) is 13.9. The molecular weight excluding hydrogens is 410 g/mol. The molecule has 2 fully saturated rings. The fourth-order valence-electron chi connectivity index (χ4n) is 4.46. The smallest absolute Gasteiger partial charge is 0.242 e. The van der Waals surface area contributed by atoms with E-state index < -0.39 is 10.0 Å². The van der Waals surface area contributed by atoms with Gasteiger partial charge < -0.3 is 9.64 Å². The van der Waals surface area contributed by atoms with E-state index in [9.17, 15) is 8.42 Å². The Morgan fingerprint density at radius 3 is 2.38 bits per heavy atom. The zero-order chi connectivity index (χ0) is 20.9. The van der Waals surface area contributed by atoms with Gasteiger partial charge in [0.25, 0.3) is 0 Å². The van der Waals surface area contributed by atoms with Crippen LogP contribution in [0.1, 0.15) is 39.5 Å². The van der Waals surface area contributed by atoms with Crippen LogP contribution >= 0.6 is 11.6 Å². The van der Waals surface area contributed by atoms with E-state index in [0.29, 0.717) is 31.2 Å². The van der Waals surface area contributed by atoms with Gasteiger partial charge in [-0.15, -0.1) is 0 Å². The summed E-state index contributed by atoms with van der Waals surface area (Å²) in [6.45, 7) is 9.38. The molecule has 29 heavy (non-hydrogen) atoms. The third-order valence-corrected chi connectivity index (χ3v) is 8.11. The Bertz CT molecular complexity index is 745. The standard InChI is InChI=1S/C21H34ClN3O3S/c1-17(2)24-12-7-18(8-13-24)25(19-9-15-28-16-10-19)14-11-23-29(26,27)21-6-4-3-5-20(21)22/h3-6,17-19,23H,7-16H2,1-2H3. The molecule has 1 N–H and O–H groups in total. The lowest BCUT2D eigenvalue weighted by molar-refractivity contribution is 0.000518. The van der Waals surface area contributed by atoms with Crippen LogP contribution in [-0.2, 0) is 14.8 Å². The highest BCUT2D eigenvalue weighted by Gasteiger charge is 2.31. The predicted molar refractivity (Wildman–Crippen MR) is 117 cm³/mol. The van der Waals surface area contributed by atoms with Gasteiger partial charge in [-0.2, -0.15) is 0 Å². The average molecular weight is 444 g/mol. The second kappa shape index (κ2) is 10.6. The van der Waals surface area contributed by atoms with Crippen LogP contribution in [0.2, 0.25) is 5.02 Å². The normalized spacial score (nSPS) is 20.6. The molecule has 0 unspecified atom stereocenters. The zero-order valence-corrected chi connectivity index (χ0v) is 19.1. The molecule has 2 heterocycles. The number of nitrogens with one attached hydrogen (secondary N) is 1. The van der Waals surface area contributed by atoms with Gasteiger partial charge in [0.1, 0.15) is 4.90 Å². The van der Waals surface area contributed by atoms with Gasteiger partial charge in [-0.05, 0) is 64.8 Å². The molecule has 0 spiro atoms. The van der Waals surface area contributed by atoms with Gasteiger partial charge in [0, 0.05) is 44.4 Å². The van der Waals surface area contributed by atoms with Crippen LogP contribution in [0.25, 0.3) is 0 Å². The summed E-state index contributed by atoms with van der Waals surface area (Å²) >= 11 is 6.08. The molecule has 2 aliphatic heterocycles. The lowest BCUT2D eigenvalue weighted by Gasteiger charge is -2.44. The van der Waals surface area contributed by atoms with E-state index >= 15 is 0 Å². The van der Waals surface area contributed by atoms with E-state index in [4.69, 9.17) is 16.3 Å². The number of rotatable bonds is 8. The van der Waals surface area contributed by atoms with Crippen molar-refractivity contribution in [3.63, 3.8) is 0 Å². The summed E-state index contributed by atoms with van der Waals surface area (Å²) in [5, 5.41) is 0.252. The maximum Gasteiger partial charge on any atom is 0.242 e. The van der Waals surface area contributed by atoms with Crippen LogP contribution in [0.3, 0.4) is 0 Å². The molecule has 0 saturated carbocycles. The number of halogens is 1. The Labute approximate surface area is 180 Å². The predicted octanol–water partition coefficient (Wildman–Crippen LogP) is 2.97. The lowest BCUT2D eigenvalue weighted by Crippen LogP contribution is -2.53. The SMILES string of the molecule is CC(C)N1CCC(N(CCNS(=O)(=O)c2ccccc2Cl)C2CCOCC2)CC1. The first kappa shape index (κ1) is 23.0. The second-order valence-corrected chi connectivity index (χ2v) is 10.4. The molecule has 0 aromatic heterocycles. The van der Waals surface area contributed by atoms with Gasteiger partial charge in [-0.1, -0.05) is 23.7 Å².